The van der Waals surface area contributed by atoms with Crippen molar-refractivity contribution in [2.24, 2.45) is 0 Å². The minimum absolute atomic E-state index is 0.725. The first-order valence-corrected chi connectivity index (χ1v) is 6.47. The van der Waals surface area contributed by atoms with Crippen LogP contribution in [0, 0.1) is 6.92 Å². The number of halogens is 1. The van der Waals surface area contributed by atoms with Crippen molar-refractivity contribution in [1.82, 2.24) is 4.98 Å². The van der Waals surface area contributed by atoms with E-state index < -0.39 is 0 Å². The van der Waals surface area contributed by atoms with Crippen molar-refractivity contribution in [2.75, 3.05) is 25.2 Å². The zero-order valence-electron chi connectivity index (χ0n) is 8.92. The van der Waals surface area contributed by atoms with Gasteiger partial charge in [-0.15, -0.1) is 11.8 Å². The number of hydrogen-bond donors (Lipinski definition) is 1. The third-order valence-electron chi connectivity index (χ3n) is 2.00. The monoisotopic (exact) mass is 290 g/mol. The van der Waals surface area contributed by atoms with Crippen molar-refractivity contribution in [3.8, 4) is 0 Å². The lowest BCUT2D eigenvalue weighted by atomic mass is 10.3. The summed E-state index contributed by atoms with van der Waals surface area (Å²) in [7, 11) is 1.71. The van der Waals surface area contributed by atoms with Gasteiger partial charge in [0, 0.05) is 19.5 Å². The summed E-state index contributed by atoms with van der Waals surface area (Å²) >= 11 is 5.22. The summed E-state index contributed by atoms with van der Waals surface area (Å²) in [5.41, 5.74) is 7.52. The van der Waals surface area contributed by atoms with Crippen molar-refractivity contribution < 1.29 is 4.74 Å². The van der Waals surface area contributed by atoms with E-state index in [0.717, 1.165) is 39.5 Å². The van der Waals surface area contributed by atoms with E-state index in [9.17, 15) is 0 Å². The number of ether oxygens (including phenoxy) is 1. The fourth-order valence-electron chi connectivity index (χ4n) is 1.04. The Labute approximate surface area is 103 Å². The topological polar surface area (TPSA) is 48.1 Å². The van der Waals surface area contributed by atoms with Crippen LogP contribution in [0.1, 0.15) is 12.0 Å². The third kappa shape index (κ3) is 3.66. The molecule has 0 aromatic carbocycles. The van der Waals surface area contributed by atoms with Crippen LogP contribution in [0.2, 0.25) is 0 Å². The molecular formula is C10H15BrN2OS. The Bertz CT molecular complexity index is 333. The largest absolute Gasteiger partial charge is 0.397 e. The molecule has 0 radical (unpaired) electrons. The summed E-state index contributed by atoms with van der Waals surface area (Å²) in [4.78, 5) is 4.29. The van der Waals surface area contributed by atoms with Gasteiger partial charge in [-0.3, -0.25) is 0 Å². The molecule has 1 aromatic rings. The van der Waals surface area contributed by atoms with Gasteiger partial charge in [0.25, 0.3) is 0 Å². The highest BCUT2D eigenvalue weighted by atomic mass is 79.9. The van der Waals surface area contributed by atoms with E-state index in [4.69, 9.17) is 10.5 Å². The molecule has 0 aliphatic carbocycles. The zero-order chi connectivity index (χ0) is 11.3. The minimum atomic E-state index is 0.725. The van der Waals surface area contributed by atoms with Crippen LogP contribution in [0.5, 0.6) is 0 Å². The molecule has 0 aliphatic rings. The van der Waals surface area contributed by atoms with Gasteiger partial charge in [0.2, 0.25) is 0 Å². The summed E-state index contributed by atoms with van der Waals surface area (Å²) in [5.74, 6) is 1.00. The van der Waals surface area contributed by atoms with Gasteiger partial charge >= 0.3 is 0 Å². The molecule has 3 nitrogen and oxygen atoms in total. The van der Waals surface area contributed by atoms with Gasteiger partial charge in [0.15, 0.2) is 0 Å². The number of nitrogens with two attached hydrogens (primary N) is 1. The number of anilines is 1. The third-order valence-corrected chi connectivity index (χ3v) is 4.31. The van der Waals surface area contributed by atoms with E-state index in [1.807, 2.05) is 6.92 Å². The number of pyridine rings is 1. The van der Waals surface area contributed by atoms with Crippen LogP contribution >= 0.6 is 27.7 Å². The number of methoxy groups -OCH3 is 1. The SMILES string of the molecule is COCCCSc1ncc(N)c(C)c1Br. The molecule has 0 saturated carbocycles. The summed E-state index contributed by atoms with van der Waals surface area (Å²) in [6.45, 7) is 2.78. The number of nitrogen functional groups attached to an aromatic ring is 1. The first-order chi connectivity index (χ1) is 7.16. The second kappa shape index (κ2) is 6.35. The highest BCUT2D eigenvalue weighted by Gasteiger charge is 2.07. The molecule has 1 heterocycles. The standard InChI is InChI=1S/C10H15BrN2OS/c1-7-8(12)6-13-10(9(7)11)15-5-3-4-14-2/h6H,3-5,12H2,1-2H3. The fourth-order valence-corrected chi connectivity index (χ4v) is 2.58. The Morgan fingerprint density at radius 3 is 3.00 bits per heavy atom. The van der Waals surface area contributed by atoms with E-state index in [1.165, 1.54) is 0 Å². The van der Waals surface area contributed by atoms with Crippen LogP contribution in [0.4, 0.5) is 5.69 Å². The first-order valence-electron chi connectivity index (χ1n) is 4.69. The lowest BCUT2D eigenvalue weighted by Crippen LogP contribution is -1.96. The molecule has 84 valence electrons. The second-order valence-corrected chi connectivity index (χ2v) is 5.03. The van der Waals surface area contributed by atoms with Gasteiger partial charge in [-0.2, -0.15) is 0 Å². The van der Waals surface area contributed by atoms with Crippen LogP contribution in [0.3, 0.4) is 0 Å². The lowest BCUT2D eigenvalue weighted by molar-refractivity contribution is 0.200. The van der Waals surface area contributed by atoms with Gasteiger partial charge in [-0.25, -0.2) is 4.98 Å². The molecule has 0 aliphatic heterocycles. The first kappa shape index (κ1) is 12.8. The summed E-state index contributed by atoms with van der Waals surface area (Å²) in [6.07, 6.45) is 2.73. The Balaban J connectivity index is 2.58. The normalized spacial score (nSPS) is 10.6. The predicted octanol–water partition coefficient (Wildman–Crippen LogP) is 2.86. The van der Waals surface area contributed by atoms with E-state index in [2.05, 4.69) is 20.9 Å². The van der Waals surface area contributed by atoms with Gasteiger partial charge in [0.05, 0.1) is 16.4 Å². The Morgan fingerprint density at radius 2 is 2.33 bits per heavy atom. The average Bonchev–Trinajstić information content (AvgIpc) is 2.24. The summed E-state index contributed by atoms with van der Waals surface area (Å²) in [6, 6.07) is 0. The van der Waals surface area contributed by atoms with E-state index in [1.54, 1.807) is 25.1 Å². The molecule has 0 spiro atoms. The molecular weight excluding hydrogens is 276 g/mol. The van der Waals surface area contributed by atoms with Gasteiger partial charge in [0.1, 0.15) is 5.03 Å². The fraction of sp³-hybridized carbons (Fsp3) is 0.500. The van der Waals surface area contributed by atoms with E-state index in [-0.39, 0.29) is 0 Å². The highest BCUT2D eigenvalue weighted by molar-refractivity contribution is 9.10. The maximum absolute atomic E-state index is 5.74. The lowest BCUT2D eigenvalue weighted by Gasteiger charge is -2.07. The minimum Gasteiger partial charge on any atom is -0.397 e. The van der Waals surface area contributed by atoms with E-state index in [0.29, 0.717) is 0 Å². The second-order valence-electron chi connectivity index (χ2n) is 3.15. The zero-order valence-corrected chi connectivity index (χ0v) is 11.3. The van der Waals surface area contributed by atoms with Crippen LogP contribution in [0.15, 0.2) is 15.7 Å². The maximum atomic E-state index is 5.74. The predicted molar refractivity (Wildman–Crippen MR) is 68.3 cm³/mol. The van der Waals surface area contributed by atoms with Crippen molar-refractivity contribution in [3.63, 3.8) is 0 Å². The van der Waals surface area contributed by atoms with E-state index >= 15 is 0 Å². The van der Waals surface area contributed by atoms with Crippen molar-refractivity contribution in [2.45, 2.75) is 18.4 Å². The van der Waals surface area contributed by atoms with Crippen molar-refractivity contribution >= 4 is 33.4 Å². The molecule has 0 bridgehead atoms. The molecule has 0 atom stereocenters. The van der Waals surface area contributed by atoms with Gasteiger partial charge < -0.3 is 10.5 Å². The van der Waals surface area contributed by atoms with Gasteiger partial charge in [-0.05, 0) is 34.8 Å². The average molecular weight is 291 g/mol. The number of nitrogens with zero attached hydrogens (tertiary/aromatic N) is 1. The maximum Gasteiger partial charge on any atom is 0.111 e. The Morgan fingerprint density at radius 1 is 1.60 bits per heavy atom. The van der Waals surface area contributed by atoms with Crippen molar-refractivity contribution in [1.29, 1.82) is 0 Å². The number of aromatic nitrogens is 1. The Hall–Kier alpha value is -0.260. The van der Waals surface area contributed by atoms with Crippen LogP contribution in [-0.4, -0.2) is 24.5 Å². The van der Waals surface area contributed by atoms with Crippen LogP contribution in [0.25, 0.3) is 0 Å². The summed E-state index contributed by atoms with van der Waals surface area (Å²) in [5, 5.41) is 0.998. The molecule has 1 aromatic heterocycles. The van der Waals surface area contributed by atoms with Crippen molar-refractivity contribution in [3.05, 3.63) is 16.2 Å². The quantitative estimate of drug-likeness (QED) is 0.669. The highest BCUT2D eigenvalue weighted by Crippen LogP contribution is 2.31. The Kier molecular flexibility index (Phi) is 5.42. The number of thioether (sulfide) groups is 1. The molecule has 2 N–H and O–H groups in total. The number of rotatable bonds is 5. The molecule has 0 amide bonds. The van der Waals surface area contributed by atoms with Crippen LogP contribution < -0.4 is 5.73 Å². The smallest absolute Gasteiger partial charge is 0.111 e. The molecule has 15 heavy (non-hydrogen) atoms. The molecule has 0 unspecified atom stereocenters. The molecule has 0 fully saturated rings. The van der Waals surface area contributed by atoms with Gasteiger partial charge in [-0.1, -0.05) is 0 Å². The summed E-state index contributed by atoms with van der Waals surface area (Å²) < 4.78 is 5.99. The number of hydrogen-bond acceptors (Lipinski definition) is 4. The molecule has 1 rings (SSSR count). The molecule has 5 heteroatoms. The van der Waals surface area contributed by atoms with Crippen LogP contribution in [-0.2, 0) is 4.74 Å². The molecule has 0 saturated heterocycles.